The number of aryl methyl sites for hydroxylation is 2. The van der Waals surface area contributed by atoms with Crippen LogP contribution in [0.3, 0.4) is 0 Å². The summed E-state index contributed by atoms with van der Waals surface area (Å²) in [6, 6.07) is 9.20. The second kappa shape index (κ2) is 8.70. The molecule has 1 aromatic heterocycles. The monoisotopic (exact) mass is 412 g/mol. The second-order valence-electron chi connectivity index (χ2n) is 6.26. The summed E-state index contributed by atoms with van der Waals surface area (Å²) in [5, 5.41) is 18.0. The highest BCUT2D eigenvalue weighted by Crippen LogP contribution is 2.37. The van der Waals surface area contributed by atoms with E-state index in [4.69, 9.17) is 9.47 Å². The fourth-order valence-corrected chi connectivity index (χ4v) is 3.55. The van der Waals surface area contributed by atoms with E-state index >= 15 is 0 Å². The zero-order valence-corrected chi connectivity index (χ0v) is 17.2. The third kappa shape index (κ3) is 4.52. The molecule has 1 N–H and O–H groups in total. The highest BCUT2D eigenvalue weighted by molar-refractivity contribution is 7.14. The van der Waals surface area contributed by atoms with E-state index in [0.29, 0.717) is 10.7 Å². The van der Waals surface area contributed by atoms with Gasteiger partial charge in [-0.1, -0.05) is 23.8 Å². The molecule has 0 fully saturated rings. The summed E-state index contributed by atoms with van der Waals surface area (Å²) < 4.78 is 10.3. The minimum atomic E-state index is -0.525. The van der Waals surface area contributed by atoms with Crippen LogP contribution in [0.2, 0.25) is 0 Å². The first kappa shape index (κ1) is 20.3. The highest BCUT2D eigenvalue weighted by Gasteiger charge is 2.21. The van der Waals surface area contributed by atoms with Gasteiger partial charge in [-0.3, -0.25) is 15.5 Å². The molecule has 0 radical (unpaired) electrons. The Morgan fingerprint density at radius 2 is 2.00 bits per heavy atom. The molecule has 0 atom stereocenters. The quantitative estimate of drug-likeness (QED) is 0.340. The van der Waals surface area contributed by atoms with E-state index < -0.39 is 4.92 Å². The van der Waals surface area contributed by atoms with E-state index in [0.717, 1.165) is 16.8 Å². The molecule has 0 saturated carbocycles. The summed E-state index contributed by atoms with van der Waals surface area (Å²) in [6.07, 6.45) is 1.47. The van der Waals surface area contributed by atoms with Crippen molar-refractivity contribution in [1.82, 2.24) is 4.98 Å². The van der Waals surface area contributed by atoms with Crippen LogP contribution in [0.1, 0.15) is 16.7 Å². The van der Waals surface area contributed by atoms with Gasteiger partial charge in [0.25, 0.3) is 0 Å². The molecular weight excluding hydrogens is 392 g/mol. The number of hydrogen-bond donors (Lipinski definition) is 1. The predicted octanol–water partition coefficient (Wildman–Crippen LogP) is 4.80. The number of ether oxygens (including phenoxy) is 2. The Bertz CT molecular complexity index is 1080. The van der Waals surface area contributed by atoms with Crippen LogP contribution in [-0.2, 0) is 0 Å². The number of hydrazone groups is 1. The van der Waals surface area contributed by atoms with Crippen molar-refractivity contribution >= 4 is 28.4 Å². The minimum Gasteiger partial charge on any atom is -0.493 e. The van der Waals surface area contributed by atoms with Crippen LogP contribution in [0.25, 0.3) is 11.3 Å². The Balaban J connectivity index is 1.79. The standard InChI is InChI=1S/C20H20N4O4S/c1-12-5-6-15(13(2)7-12)16-11-29-20(22-16)23-21-10-14-8-17(24(25)26)19(28-4)18(9-14)27-3/h5-11H,1-4H3,(H,22,23)/b21-10-. The lowest BCUT2D eigenvalue weighted by Crippen LogP contribution is -1.99. The maximum absolute atomic E-state index is 11.3. The largest absolute Gasteiger partial charge is 0.493 e. The number of methoxy groups -OCH3 is 2. The van der Waals surface area contributed by atoms with Gasteiger partial charge in [-0.2, -0.15) is 5.10 Å². The Kier molecular flexibility index (Phi) is 6.08. The van der Waals surface area contributed by atoms with Gasteiger partial charge in [-0.15, -0.1) is 11.3 Å². The third-order valence-electron chi connectivity index (χ3n) is 4.21. The minimum absolute atomic E-state index is 0.0700. The molecule has 0 bridgehead atoms. The first-order valence-electron chi connectivity index (χ1n) is 8.65. The summed E-state index contributed by atoms with van der Waals surface area (Å²) in [6.45, 7) is 4.11. The summed E-state index contributed by atoms with van der Waals surface area (Å²) in [4.78, 5) is 15.3. The van der Waals surface area contributed by atoms with Crippen LogP contribution in [-0.4, -0.2) is 30.3 Å². The topological polar surface area (TPSA) is 98.9 Å². The lowest BCUT2D eigenvalue weighted by atomic mass is 10.0. The van der Waals surface area contributed by atoms with Crippen LogP contribution >= 0.6 is 11.3 Å². The lowest BCUT2D eigenvalue weighted by Gasteiger charge is -2.08. The first-order valence-corrected chi connectivity index (χ1v) is 9.53. The molecule has 3 aromatic rings. The van der Waals surface area contributed by atoms with E-state index in [1.54, 1.807) is 6.07 Å². The molecule has 0 spiro atoms. The fraction of sp³-hybridized carbons (Fsp3) is 0.200. The van der Waals surface area contributed by atoms with Crippen LogP contribution in [0.5, 0.6) is 11.5 Å². The van der Waals surface area contributed by atoms with Crippen molar-refractivity contribution in [2.45, 2.75) is 13.8 Å². The summed E-state index contributed by atoms with van der Waals surface area (Å²) >= 11 is 1.43. The average molecular weight is 412 g/mol. The maximum atomic E-state index is 11.3. The number of nitrogens with one attached hydrogen (secondary N) is 1. The van der Waals surface area contributed by atoms with E-state index in [2.05, 4.69) is 47.6 Å². The Morgan fingerprint density at radius 1 is 1.21 bits per heavy atom. The number of nitro groups is 1. The molecule has 29 heavy (non-hydrogen) atoms. The van der Waals surface area contributed by atoms with Crippen LogP contribution in [0.4, 0.5) is 10.8 Å². The molecule has 2 aromatic carbocycles. The number of thiazole rings is 1. The lowest BCUT2D eigenvalue weighted by molar-refractivity contribution is -0.385. The zero-order valence-electron chi connectivity index (χ0n) is 16.4. The molecule has 0 saturated heterocycles. The Labute approximate surface area is 172 Å². The van der Waals surface area contributed by atoms with Gasteiger partial charge in [-0.25, -0.2) is 4.98 Å². The van der Waals surface area contributed by atoms with Gasteiger partial charge in [-0.05, 0) is 25.5 Å². The van der Waals surface area contributed by atoms with Crippen molar-refractivity contribution in [2.24, 2.45) is 5.10 Å². The van der Waals surface area contributed by atoms with Gasteiger partial charge in [0.2, 0.25) is 10.9 Å². The number of hydrogen-bond acceptors (Lipinski definition) is 8. The van der Waals surface area contributed by atoms with Crippen molar-refractivity contribution in [1.29, 1.82) is 0 Å². The van der Waals surface area contributed by atoms with E-state index in [1.165, 1.54) is 43.4 Å². The SMILES string of the molecule is COc1cc(/C=N\Nc2nc(-c3ccc(C)cc3C)cs2)cc([N+](=O)[O-])c1OC. The summed E-state index contributed by atoms with van der Waals surface area (Å²) in [5.74, 6) is 0.329. The third-order valence-corrected chi connectivity index (χ3v) is 4.96. The molecule has 0 aliphatic heterocycles. The van der Waals surface area contributed by atoms with Crippen molar-refractivity contribution in [3.05, 3.63) is 62.5 Å². The fourth-order valence-electron chi connectivity index (χ4n) is 2.89. The molecule has 3 rings (SSSR count). The Hall–Kier alpha value is -3.46. The molecule has 150 valence electrons. The van der Waals surface area contributed by atoms with Gasteiger partial charge in [0.05, 0.1) is 31.1 Å². The molecule has 0 aliphatic carbocycles. The average Bonchev–Trinajstić information content (AvgIpc) is 3.15. The molecular formula is C20H20N4O4S. The predicted molar refractivity (Wildman–Crippen MR) is 114 cm³/mol. The van der Waals surface area contributed by atoms with Crippen molar-refractivity contribution in [2.75, 3.05) is 19.6 Å². The second-order valence-corrected chi connectivity index (χ2v) is 7.12. The zero-order chi connectivity index (χ0) is 21.0. The van der Waals surface area contributed by atoms with Crippen molar-refractivity contribution in [3.8, 4) is 22.8 Å². The van der Waals surface area contributed by atoms with E-state index in [-0.39, 0.29) is 17.2 Å². The van der Waals surface area contributed by atoms with Gasteiger partial charge in [0, 0.05) is 22.6 Å². The number of benzene rings is 2. The van der Waals surface area contributed by atoms with Crippen LogP contribution in [0.15, 0.2) is 40.8 Å². The van der Waals surface area contributed by atoms with Gasteiger partial charge >= 0.3 is 5.69 Å². The van der Waals surface area contributed by atoms with Gasteiger partial charge in [0.1, 0.15) is 0 Å². The molecule has 9 heteroatoms. The number of aromatic nitrogens is 1. The van der Waals surface area contributed by atoms with E-state index in [9.17, 15) is 10.1 Å². The molecule has 0 aliphatic rings. The molecule has 0 unspecified atom stereocenters. The summed E-state index contributed by atoms with van der Waals surface area (Å²) in [5.41, 5.74) is 7.46. The molecule has 8 nitrogen and oxygen atoms in total. The summed E-state index contributed by atoms with van der Waals surface area (Å²) in [7, 11) is 2.78. The maximum Gasteiger partial charge on any atom is 0.315 e. The van der Waals surface area contributed by atoms with Crippen LogP contribution in [0, 0.1) is 24.0 Å². The number of nitrogens with zero attached hydrogens (tertiary/aromatic N) is 3. The first-order chi connectivity index (χ1) is 13.9. The van der Waals surface area contributed by atoms with Gasteiger partial charge in [0.15, 0.2) is 5.75 Å². The Morgan fingerprint density at radius 3 is 2.66 bits per heavy atom. The van der Waals surface area contributed by atoms with Crippen molar-refractivity contribution < 1.29 is 14.4 Å². The van der Waals surface area contributed by atoms with Crippen LogP contribution < -0.4 is 14.9 Å². The molecule has 0 amide bonds. The van der Waals surface area contributed by atoms with E-state index in [1.807, 2.05) is 5.38 Å². The van der Waals surface area contributed by atoms with Gasteiger partial charge < -0.3 is 9.47 Å². The van der Waals surface area contributed by atoms with Crippen molar-refractivity contribution in [3.63, 3.8) is 0 Å². The normalized spacial score (nSPS) is 10.9. The molecule has 1 heterocycles. The number of nitro benzene ring substituents is 1. The number of anilines is 1. The highest BCUT2D eigenvalue weighted by atomic mass is 32.1. The smallest absolute Gasteiger partial charge is 0.315 e. The number of rotatable bonds is 7.